The van der Waals surface area contributed by atoms with Crippen molar-refractivity contribution in [3.8, 4) is 5.75 Å². The normalized spacial score (nSPS) is 19.7. The summed E-state index contributed by atoms with van der Waals surface area (Å²) in [6.07, 6.45) is 2.31. The molecule has 3 nitrogen and oxygen atoms in total. The summed E-state index contributed by atoms with van der Waals surface area (Å²) in [5.41, 5.74) is 7.63. The first kappa shape index (κ1) is 16.0. The van der Waals surface area contributed by atoms with E-state index in [0.717, 1.165) is 22.5 Å². The van der Waals surface area contributed by atoms with E-state index >= 15 is 0 Å². The second kappa shape index (κ2) is 6.11. The van der Waals surface area contributed by atoms with Crippen LogP contribution in [0.25, 0.3) is 10.9 Å². The maximum absolute atomic E-state index is 14.3. The topological polar surface area (TPSA) is 51.0 Å². The lowest BCUT2D eigenvalue weighted by atomic mass is 9.84. The highest BCUT2D eigenvalue weighted by atomic mass is 19.2. The van der Waals surface area contributed by atoms with Gasteiger partial charge in [0.1, 0.15) is 17.7 Å². The summed E-state index contributed by atoms with van der Waals surface area (Å²) in [6.45, 7) is 0.400. The lowest BCUT2D eigenvalue weighted by molar-refractivity contribution is 0.107. The van der Waals surface area contributed by atoms with E-state index in [1.54, 1.807) is 6.20 Å². The zero-order valence-electron chi connectivity index (χ0n) is 13.4. The monoisotopic (exact) mass is 346 g/mol. The fraction of sp³-hybridized carbons (Fsp3) is 0.263. The molecule has 0 aliphatic carbocycles. The molecule has 1 aromatic heterocycles. The molecular weight excluding hydrogens is 329 g/mol. The lowest BCUT2D eigenvalue weighted by Crippen LogP contribution is -2.29. The minimum Gasteiger partial charge on any atom is -0.484 e. The van der Waals surface area contributed by atoms with Crippen LogP contribution in [0.2, 0.25) is 0 Å². The molecule has 2 aromatic carbocycles. The first-order chi connectivity index (χ1) is 12.1. The largest absolute Gasteiger partial charge is 0.484 e. The minimum absolute atomic E-state index is 0.0236. The quantitative estimate of drug-likeness (QED) is 0.698. The van der Waals surface area contributed by atoms with Crippen molar-refractivity contribution in [1.82, 2.24) is 4.98 Å². The Morgan fingerprint density at radius 3 is 2.68 bits per heavy atom. The summed E-state index contributed by atoms with van der Waals surface area (Å²) >= 11 is 0. The highest BCUT2D eigenvalue weighted by Gasteiger charge is 2.34. The van der Waals surface area contributed by atoms with Crippen molar-refractivity contribution in [2.45, 2.75) is 18.9 Å². The average Bonchev–Trinajstić information content (AvgIpc) is 3.07. The van der Waals surface area contributed by atoms with Gasteiger partial charge < -0.3 is 15.5 Å². The van der Waals surface area contributed by atoms with Crippen LogP contribution in [-0.4, -0.2) is 11.5 Å². The molecular formula is C19H17F3N2O. The fourth-order valence-corrected chi connectivity index (χ4v) is 3.60. The number of fused-ring (bicyclic) bond motifs is 3. The summed E-state index contributed by atoms with van der Waals surface area (Å²) in [5, 5.41) is 0.886. The van der Waals surface area contributed by atoms with Gasteiger partial charge in [0.2, 0.25) is 0 Å². The fourth-order valence-electron chi connectivity index (χ4n) is 3.60. The van der Waals surface area contributed by atoms with Crippen LogP contribution in [0.3, 0.4) is 0 Å². The van der Waals surface area contributed by atoms with Gasteiger partial charge >= 0.3 is 0 Å². The van der Waals surface area contributed by atoms with E-state index in [1.807, 2.05) is 18.2 Å². The molecule has 2 atom stereocenters. The molecule has 1 aliphatic heterocycles. The van der Waals surface area contributed by atoms with Gasteiger partial charge in [0, 0.05) is 34.6 Å². The molecule has 0 saturated heterocycles. The number of nitrogens with one attached hydrogen (secondary N) is 1. The zero-order chi connectivity index (χ0) is 17.6. The summed E-state index contributed by atoms with van der Waals surface area (Å²) in [6, 6.07) is 7.28. The molecule has 0 radical (unpaired) electrons. The Morgan fingerprint density at radius 1 is 1.08 bits per heavy atom. The molecule has 3 N–H and O–H groups in total. The third kappa shape index (κ3) is 2.66. The maximum atomic E-state index is 14.3. The van der Waals surface area contributed by atoms with Crippen LogP contribution < -0.4 is 10.5 Å². The SMILES string of the molecule is NCCC1Cc2ccc3[nH]ccc3c2OC1c1cc(F)c(F)cc1F. The van der Waals surface area contributed by atoms with Crippen molar-refractivity contribution >= 4 is 10.9 Å². The number of aromatic amines is 1. The van der Waals surface area contributed by atoms with E-state index in [4.69, 9.17) is 10.5 Å². The number of hydrogen-bond donors (Lipinski definition) is 2. The van der Waals surface area contributed by atoms with Crippen LogP contribution in [0.4, 0.5) is 13.2 Å². The van der Waals surface area contributed by atoms with Crippen LogP contribution in [0.1, 0.15) is 23.7 Å². The molecule has 0 bridgehead atoms. The van der Waals surface area contributed by atoms with E-state index in [0.29, 0.717) is 31.2 Å². The van der Waals surface area contributed by atoms with Gasteiger partial charge in [0.05, 0.1) is 0 Å². The number of halogens is 3. The van der Waals surface area contributed by atoms with Gasteiger partial charge in [-0.2, -0.15) is 0 Å². The van der Waals surface area contributed by atoms with Crippen molar-refractivity contribution in [2.24, 2.45) is 11.7 Å². The van der Waals surface area contributed by atoms with E-state index in [1.165, 1.54) is 0 Å². The molecule has 3 aromatic rings. The van der Waals surface area contributed by atoms with Crippen LogP contribution >= 0.6 is 0 Å². The minimum atomic E-state index is -1.21. The van der Waals surface area contributed by atoms with Gasteiger partial charge in [-0.1, -0.05) is 6.07 Å². The van der Waals surface area contributed by atoms with Crippen LogP contribution in [-0.2, 0) is 6.42 Å². The Kier molecular flexibility index (Phi) is 3.92. The Labute approximate surface area is 142 Å². The number of H-pyrrole nitrogens is 1. The summed E-state index contributed by atoms with van der Waals surface area (Å²) in [7, 11) is 0. The molecule has 0 spiro atoms. The maximum Gasteiger partial charge on any atom is 0.161 e. The first-order valence-electron chi connectivity index (χ1n) is 8.18. The highest BCUT2D eigenvalue weighted by molar-refractivity contribution is 5.87. The predicted molar refractivity (Wildman–Crippen MR) is 88.8 cm³/mol. The summed E-state index contributed by atoms with van der Waals surface area (Å²) in [4.78, 5) is 3.10. The van der Waals surface area contributed by atoms with Gasteiger partial charge in [-0.25, -0.2) is 13.2 Å². The van der Waals surface area contributed by atoms with Crippen molar-refractivity contribution in [3.63, 3.8) is 0 Å². The molecule has 0 amide bonds. The van der Waals surface area contributed by atoms with Crippen molar-refractivity contribution in [1.29, 1.82) is 0 Å². The van der Waals surface area contributed by atoms with Crippen molar-refractivity contribution in [2.75, 3.05) is 6.54 Å². The van der Waals surface area contributed by atoms with Gasteiger partial charge in [-0.05, 0) is 43.1 Å². The van der Waals surface area contributed by atoms with E-state index < -0.39 is 23.6 Å². The Balaban J connectivity index is 1.83. The van der Waals surface area contributed by atoms with Crippen LogP contribution in [0.15, 0.2) is 36.5 Å². The van der Waals surface area contributed by atoms with Gasteiger partial charge in [-0.3, -0.25) is 0 Å². The molecule has 0 fully saturated rings. The Hall–Kier alpha value is -2.47. The van der Waals surface area contributed by atoms with Crippen molar-refractivity contribution in [3.05, 3.63) is 65.1 Å². The molecule has 2 unspecified atom stereocenters. The predicted octanol–water partition coefficient (Wildman–Crippen LogP) is 4.23. The molecule has 130 valence electrons. The zero-order valence-corrected chi connectivity index (χ0v) is 13.4. The Morgan fingerprint density at radius 2 is 1.88 bits per heavy atom. The molecule has 25 heavy (non-hydrogen) atoms. The van der Waals surface area contributed by atoms with Gasteiger partial charge in [-0.15, -0.1) is 0 Å². The third-order valence-electron chi connectivity index (χ3n) is 4.81. The number of aromatic nitrogens is 1. The highest BCUT2D eigenvalue weighted by Crippen LogP contribution is 2.44. The molecule has 1 aliphatic rings. The van der Waals surface area contributed by atoms with Gasteiger partial charge in [0.15, 0.2) is 11.6 Å². The van der Waals surface area contributed by atoms with E-state index in [2.05, 4.69) is 4.98 Å². The summed E-state index contributed by atoms with van der Waals surface area (Å²) in [5.74, 6) is -2.57. The molecule has 2 heterocycles. The number of ether oxygens (including phenoxy) is 1. The summed E-state index contributed by atoms with van der Waals surface area (Å²) < 4.78 is 47.5. The third-order valence-corrected chi connectivity index (χ3v) is 4.81. The first-order valence-corrected chi connectivity index (χ1v) is 8.18. The molecule has 0 saturated carbocycles. The average molecular weight is 346 g/mol. The van der Waals surface area contributed by atoms with Gasteiger partial charge in [0.25, 0.3) is 0 Å². The number of benzene rings is 2. The molecule has 4 rings (SSSR count). The number of nitrogens with two attached hydrogens (primary N) is 1. The second-order valence-electron chi connectivity index (χ2n) is 6.36. The van der Waals surface area contributed by atoms with E-state index in [-0.39, 0.29) is 11.5 Å². The van der Waals surface area contributed by atoms with Crippen molar-refractivity contribution < 1.29 is 17.9 Å². The molecule has 6 heteroatoms. The second-order valence-corrected chi connectivity index (χ2v) is 6.36. The standard InChI is InChI=1S/C19H17F3N2O/c20-14-9-16(22)15(21)8-13(14)19-11(3-5-23)7-10-1-2-17-12(4-6-24-17)18(10)25-19/h1-2,4,6,8-9,11,19,24H,3,5,7,23H2. The van der Waals surface area contributed by atoms with Crippen LogP contribution in [0.5, 0.6) is 5.75 Å². The van der Waals surface area contributed by atoms with E-state index in [9.17, 15) is 13.2 Å². The Bertz CT molecular complexity index is 938. The lowest BCUT2D eigenvalue weighted by Gasteiger charge is -2.34. The van der Waals surface area contributed by atoms with Crippen LogP contribution in [0, 0.1) is 23.4 Å². The number of rotatable bonds is 3. The number of hydrogen-bond acceptors (Lipinski definition) is 2. The smallest absolute Gasteiger partial charge is 0.161 e.